The SMILES string of the molecule is COCCNC(=O)NC(=O)COC(=O)c1ccc(Cl)c([N+](=O)[O-])c1. The van der Waals surface area contributed by atoms with E-state index in [0.29, 0.717) is 0 Å². The number of halogens is 1. The van der Waals surface area contributed by atoms with Gasteiger partial charge in [0.05, 0.1) is 17.1 Å². The number of ether oxygens (including phenoxy) is 2. The summed E-state index contributed by atoms with van der Waals surface area (Å²) in [5.74, 6) is -1.83. The van der Waals surface area contributed by atoms with E-state index in [-0.39, 0.29) is 23.7 Å². The Bertz CT molecular complexity index is 650. The lowest BCUT2D eigenvalue weighted by Crippen LogP contribution is -2.42. The fraction of sp³-hybridized carbons (Fsp3) is 0.308. The summed E-state index contributed by atoms with van der Waals surface area (Å²) >= 11 is 5.62. The maximum Gasteiger partial charge on any atom is 0.338 e. The molecule has 11 heteroatoms. The van der Waals surface area contributed by atoms with Crippen molar-refractivity contribution in [1.29, 1.82) is 0 Å². The van der Waals surface area contributed by atoms with Crippen molar-refractivity contribution in [2.45, 2.75) is 0 Å². The van der Waals surface area contributed by atoms with Gasteiger partial charge in [-0.2, -0.15) is 0 Å². The van der Waals surface area contributed by atoms with Crippen LogP contribution >= 0.6 is 11.6 Å². The van der Waals surface area contributed by atoms with Crippen LogP contribution in [0.4, 0.5) is 10.5 Å². The first-order chi connectivity index (χ1) is 11.3. The van der Waals surface area contributed by atoms with Crippen molar-refractivity contribution in [2.75, 3.05) is 26.9 Å². The molecule has 10 nitrogen and oxygen atoms in total. The number of nitro benzene ring substituents is 1. The molecule has 1 rings (SSSR count). The number of nitro groups is 1. The van der Waals surface area contributed by atoms with Gasteiger partial charge in [-0.25, -0.2) is 9.59 Å². The van der Waals surface area contributed by atoms with E-state index in [1.165, 1.54) is 19.2 Å². The lowest BCUT2D eigenvalue weighted by Gasteiger charge is -2.07. The van der Waals surface area contributed by atoms with Crippen molar-refractivity contribution < 1.29 is 28.8 Å². The van der Waals surface area contributed by atoms with Gasteiger partial charge in [0.1, 0.15) is 5.02 Å². The standard InChI is InChI=1S/C13H14ClN3O7/c1-23-5-4-15-13(20)16-11(18)7-24-12(19)8-2-3-9(14)10(6-8)17(21)22/h2-3,6H,4-5,7H2,1H3,(H2,15,16,18,20). The molecule has 0 aliphatic heterocycles. The molecule has 0 unspecified atom stereocenters. The molecule has 0 saturated heterocycles. The molecule has 0 fully saturated rings. The molecule has 0 aliphatic rings. The monoisotopic (exact) mass is 359 g/mol. The molecule has 0 heterocycles. The molecule has 0 aromatic heterocycles. The Labute approximate surface area is 141 Å². The van der Waals surface area contributed by atoms with E-state index < -0.39 is 35.1 Å². The van der Waals surface area contributed by atoms with E-state index in [4.69, 9.17) is 16.3 Å². The van der Waals surface area contributed by atoms with E-state index >= 15 is 0 Å². The minimum atomic E-state index is -0.968. The van der Waals surface area contributed by atoms with Gasteiger partial charge in [0.15, 0.2) is 6.61 Å². The summed E-state index contributed by atoms with van der Waals surface area (Å²) in [6.45, 7) is -0.261. The summed E-state index contributed by atoms with van der Waals surface area (Å²) in [7, 11) is 1.45. The lowest BCUT2D eigenvalue weighted by atomic mass is 10.2. The van der Waals surface area contributed by atoms with Crippen molar-refractivity contribution in [2.24, 2.45) is 0 Å². The van der Waals surface area contributed by atoms with Gasteiger partial charge in [-0.1, -0.05) is 11.6 Å². The molecule has 24 heavy (non-hydrogen) atoms. The largest absolute Gasteiger partial charge is 0.452 e. The van der Waals surface area contributed by atoms with Gasteiger partial charge < -0.3 is 14.8 Å². The third-order valence-electron chi connectivity index (χ3n) is 2.56. The van der Waals surface area contributed by atoms with Gasteiger partial charge in [0.2, 0.25) is 0 Å². The molecule has 0 radical (unpaired) electrons. The maximum absolute atomic E-state index is 11.7. The van der Waals surface area contributed by atoms with E-state index in [1.807, 2.05) is 5.32 Å². The molecule has 2 N–H and O–H groups in total. The van der Waals surface area contributed by atoms with Crippen molar-refractivity contribution in [3.05, 3.63) is 38.9 Å². The Morgan fingerprint density at radius 3 is 2.67 bits per heavy atom. The number of methoxy groups -OCH3 is 1. The number of nitrogens with zero attached hydrogens (tertiary/aromatic N) is 1. The molecule has 0 aliphatic carbocycles. The number of benzene rings is 1. The fourth-order valence-electron chi connectivity index (χ4n) is 1.47. The summed E-state index contributed by atoms with van der Waals surface area (Å²) < 4.78 is 9.38. The van der Waals surface area contributed by atoms with Crippen LogP contribution in [0.5, 0.6) is 0 Å². The average molecular weight is 360 g/mol. The zero-order chi connectivity index (χ0) is 18.1. The van der Waals surface area contributed by atoms with Crippen LogP contribution in [-0.4, -0.2) is 49.7 Å². The Morgan fingerprint density at radius 2 is 2.04 bits per heavy atom. The third-order valence-corrected chi connectivity index (χ3v) is 2.88. The highest BCUT2D eigenvalue weighted by Crippen LogP contribution is 2.25. The number of imide groups is 1. The summed E-state index contributed by atoms with van der Waals surface area (Å²) in [6, 6.07) is 2.54. The second kappa shape index (κ2) is 9.43. The summed E-state index contributed by atoms with van der Waals surface area (Å²) in [6.07, 6.45) is 0. The molecule has 0 atom stereocenters. The number of nitrogens with one attached hydrogen (secondary N) is 2. The van der Waals surface area contributed by atoms with Crippen molar-refractivity contribution in [1.82, 2.24) is 10.6 Å². The second-order valence-electron chi connectivity index (χ2n) is 4.30. The molecule has 1 aromatic rings. The highest BCUT2D eigenvalue weighted by Gasteiger charge is 2.18. The number of hydrogen-bond acceptors (Lipinski definition) is 7. The number of rotatable bonds is 7. The minimum Gasteiger partial charge on any atom is -0.452 e. The Hall–Kier alpha value is -2.72. The van der Waals surface area contributed by atoms with Crippen LogP contribution in [0.25, 0.3) is 0 Å². The maximum atomic E-state index is 11.7. The van der Waals surface area contributed by atoms with Crippen LogP contribution in [0.3, 0.4) is 0 Å². The Kier molecular flexibility index (Phi) is 7.59. The van der Waals surface area contributed by atoms with Gasteiger partial charge in [-0.05, 0) is 12.1 Å². The van der Waals surface area contributed by atoms with Gasteiger partial charge in [-0.15, -0.1) is 0 Å². The number of amides is 3. The van der Waals surface area contributed by atoms with Crippen LogP contribution in [0.2, 0.25) is 5.02 Å². The van der Waals surface area contributed by atoms with E-state index in [2.05, 4.69) is 10.1 Å². The first-order valence-corrected chi connectivity index (χ1v) is 6.90. The molecule has 0 saturated carbocycles. The average Bonchev–Trinajstić information content (AvgIpc) is 2.53. The third kappa shape index (κ3) is 6.18. The highest BCUT2D eigenvalue weighted by molar-refractivity contribution is 6.32. The summed E-state index contributed by atoms with van der Waals surface area (Å²) in [4.78, 5) is 44.4. The number of carbonyl (C=O) groups excluding carboxylic acids is 3. The zero-order valence-corrected chi connectivity index (χ0v) is 13.3. The first-order valence-electron chi connectivity index (χ1n) is 6.52. The van der Waals surface area contributed by atoms with Gasteiger partial charge in [-0.3, -0.25) is 20.2 Å². The van der Waals surface area contributed by atoms with E-state index in [0.717, 1.165) is 6.07 Å². The Balaban J connectivity index is 2.51. The Morgan fingerprint density at radius 1 is 1.33 bits per heavy atom. The predicted molar refractivity (Wildman–Crippen MR) is 81.8 cm³/mol. The molecular weight excluding hydrogens is 346 g/mol. The minimum absolute atomic E-state index is 0.137. The molecule has 1 aromatic carbocycles. The first kappa shape index (κ1) is 19.3. The molecule has 0 spiro atoms. The van der Waals surface area contributed by atoms with Crippen LogP contribution in [0, 0.1) is 10.1 Å². The van der Waals surface area contributed by atoms with Crippen LogP contribution in [0.1, 0.15) is 10.4 Å². The van der Waals surface area contributed by atoms with E-state index in [1.54, 1.807) is 0 Å². The quantitative estimate of drug-likeness (QED) is 0.319. The molecule has 0 bridgehead atoms. The number of carbonyl (C=O) groups is 3. The number of urea groups is 1. The fourth-order valence-corrected chi connectivity index (χ4v) is 1.65. The van der Waals surface area contributed by atoms with Gasteiger partial charge in [0, 0.05) is 19.7 Å². The zero-order valence-electron chi connectivity index (χ0n) is 12.5. The van der Waals surface area contributed by atoms with Gasteiger partial charge in [0.25, 0.3) is 11.6 Å². The van der Waals surface area contributed by atoms with Crippen LogP contribution in [0.15, 0.2) is 18.2 Å². The highest BCUT2D eigenvalue weighted by atomic mass is 35.5. The topological polar surface area (TPSA) is 137 Å². The molecule has 3 amide bonds. The smallest absolute Gasteiger partial charge is 0.338 e. The van der Waals surface area contributed by atoms with Crippen molar-refractivity contribution in [3.8, 4) is 0 Å². The van der Waals surface area contributed by atoms with E-state index in [9.17, 15) is 24.5 Å². The molecular formula is C13H14ClN3O7. The summed E-state index contributed by atoms with van der Waals surface area (Å²) in [5.41, 5.74) is -0.614. The summed E-state index contributed by atoms with van der Waals surface area (Å²) in [5, 5.41) is 14.9. The predicted octanol–water partition coefficient (Wildman–Crippen LogP) is 0.877. The van der Waals surface area contributed by atoms with Gasteiger partial charge >= 0.3 is 12.0 Å². The normalized spacial score (nSPS) is 9.92. The number of hydrogen-bond donors (Lipinski definition) is 2. The van der Waals surface area contributed by atoms with Crippen LogP contribution < -0.4 is 10.6 Å². The van der Waals surface area contributed by atoms with Crippen molar-refractivity contribution in [3.63, 3.8) is 0 Å². The number of esters is 1. The second-order valence-corrected chi connectivity index (χ2v) is 4.70. The van der Waals surface area contributed by atoms with Crippen LogP contribution in [-0.2, 0) is 14.3 Å². The lowest BCUT2D eigenvalue weighted by molar-refractivity contribution is -0.384. The van der Waals surface area contributed by atoms with Crippen molar-refractivity contribution >= 4 is 35.2 Å². The molecule has 130 valence electrons.